The summed E-state index contributed by atoms with van der Waals surface area (Å²) in [6, 6.07) is 11.7. The summed E-state index contributed by atoms with van der Waals surface area (Å²) in [4.78, 5) is 56.0. The van der Waals surface area contributed by atoms with Crippen molar-refractivity contribution in [2.45, 2.75) is 26.3 Å². The molecule has 1 unspecified atom stereocenters. The van der Waals surface area contributed by atoms with Crippen LogP contribution in [-0.2, 0) is 16.1 Å². The van der Waals surface area contributed by atoms with Crippen LogP contribution >= 0.6 is 34.5 Å². The molecule has 1 aromatic heterocycles. The highest BCUT2D eigenvalue weighted by atomic mass is 35.5. The summed E-state index contributed by atoms with van der Waals surface area (Å²) in [5.41, 5.74) is 0.908. The number of hydrogen-bond donors (Lipinski definition) is 2. The first-order valence-electron chi connectivity index (χ1n) is 11.6. The van der Waals surface area contributed by atoms with Crippen LogP contribution in [0, 0.1) is 22.5 Å². The molecule has 204 valence electrons. The van der Waals surface area contributed by atoms with Gasteiger partial charge in [0.25, 0.3) is 0 Å². The number of anilines is 2. The van der Waals surface area contributed by atoms with E-state index in [2.05, 4.69) is 10.3 Å². The lowest BCUT2D eigenvalue weighted by Gasteiger charge is -2.47. The Bertz CT molecular complexity index is 1430. The Morgan fingerprint density at radius 2 is 1.90 bits per heavy atom. The van der Waals surface area contributed by atoms with Crippen molar-refractivity contribution in [1.82, 2.24) is 9.88 Å². The highest BCUT2D eigenvalue weighted by Crippen LogP contribution is 2.38. The van der Waals surface area contributed by atoms with Crippen molar-refractivity contribution < 1.29 is 24.4 Å². The normalized spacial score (nSPS) is 17.3. The summed E-state index contributed by atoms with van der Waals surface area (Å²) < 4.78 is 0. The lowest BCUT2D eigenvalue weighted by Crippen LogP contribution is -2.59. The van der Waals surface area contributed by atoms with E-state index >= 15 is 0 Å². The van der Waals surface area contributed by atoms with Gasteiger partial charge >= 0.3 is 17.0 Å². The van der Waals surface area contributed by atoms with Crippen LogP contribution in [0.1, 0.15) is 24.0 Å². The highest BCUT2D eigenvalue weighted by Gasteiger charge is 2.46. The van der Waals surface area contributed by atoms with Gasteiger partial charge in [0.05, 0.1) is 11.3 Å². The minimum absolute atomic E-state index is 0.0178. The molecular formula is C25H23Cl2N5O6S. The van der Waals surface area contributed by atoms with Gasteiger partial charge in [-0.25, -0.2) is 9.78 Å². The maximum absolute atomic E-state index is 13.7. The Hall–Kier alpha value is -3.74. The second-order valence-electron chi connectivity index (χ2n) is 9.35. The first-order valence-corrected chi connectivity index (χ1v) is 13.2. The minimum atomic E-state index is -1.21. The van der Waals surface area contributed by atoms with Gasteiger partial charge in [-0.15, -0.1) is 0 Å². The Kier molecular flexibility index (Phi) is 8.38. The molecule has 3 aromatic rings. The van der Waals surface area contributed by atoms with E-state index in [-0.39, 0.29) is 42.2 Å². The molecule has 0 bridgehead atoms. The first kappa shape index (κ1) is 28.3. The number of amides is 3. The number of urea groups is 1. The number of nitrogens with one attached hydrogen (secondary N) is 1. The van der Waals surface area contributed by atoms with Gasteiger partial charge < -0.3 is 15.3 Å². The number of rotatable bonds is 9. The van der Waals surface area contributed by atoms with Gasteiger partial charge in [0.1, 0.15) is 6.20 Å². The molecule has 39 heavy (non-hydrogen) atoms. The summed E-state index contributed by atoms with van der Waals surface area (Å²) in [7, 11) is 0. The zero-order valence-electron chi connectivity index (χ0n) is 20.6. The van der Waals surface area contributed by atoms with Crippen molar-refractivity contribution >= 4 is 68.3 Å². The van der Waals surface area contributed by atoms with Gasteiger partial charge in [0.15, 0.2) is 5.13 Å². The molecule has 2 N–H and O–H groups in total. The quantitative estimate of drug-likeness (QED) is 0.243. The molecule has 0 saturated carbocycles. The number of carboxylic acids is 1. The minimum Gasteiger partial charge on any atom is -0.481 e. The predicted molar refractivity (Wildman–Crippen MR) is 147 cm³/mol. The second kappa shape index (κ2) is 11.6. The molecule has 0 aliphatic carbocycles. The third-order valence-corrected chi connectivity index (χ3v) is 7.68. The summed E-state index contributed by atoms with van der Waals surface area (Å²) in [5.74, 6) is -1.72. The number of aryl methyl sites for hydroxylation is 1. The Morgan fingerprint density at radius 1 is 1.18 bits per heavy atom. The maximum Gasteiger partial charge on any atom is 0.345 e. The molecule has 1 saturated heterocycles. The van der Waals surface area contributed by atoms with E-state index in [0.717, 1.165) is 11.8 Å². The monoisotopic (exact) mass is 591 g/mol. The van der Waals surface area contributed by atoms with E-state index < -0.39 is 28.6 Å². The number of nitrogens with zero attached hydrogens (tertiary/aromatic N) is 4. The molecule has 1 aliphatic heterocycles. The molecule has 0 radical (unpaired) electrons. The van der Waals surface area contributed by atoms with Crippen LogP contribution < -0.4 is 10.2 Å². The van der Waals surface area contributed by atoms with Crippen molar-refractivity contribution in [1.29, 1.82) is 0 Å². The standard InChI is InChI=1S/C25H23Cl2N5O6S/c1-15-2-6-18(7-3-15)31-14-25(10-22(34)35,9-20(33)29-23-28-11-21(39-23)32(37)38)13-30(24(31)36)12-16-4-5-17(26)8-19(16)27/h2-8,11H,9-10,12-14H2,1H3,(H,34,35)(H,28,29,33). The van der Waals surface area contributed by atoms with E-state index in [1.807, 2.05) is 19.1 Å². The van der Waals surface area contributed by atoms with Crippen molar-refractivity contribution in [3.63, 3.8) is 0 Å². The van der Waals surface area contributed by atoms with Crippen molar-refractivity contribution in [2.75, 3.05) is 23.3 Å². The van der Waals surface area contributed by atoms with Crippen molar-refractivity contribution in [3.05, 3.63) is 79.9 Å². The Balaban J connectivity index is 1.68. The molecule has 3 amide bonds. The molecule has 2 aromatic carbocycles. The fourth-order valence-electron chi connectivity index (χ4n) is 4.52. The Labute approximate surface area is 237 Å². The summed E-state index contributed by atoms with van der Waals surface area (Å²) >= 11 is 13.1. The van der Waals surface area contributed by atoms with Gasteiger partial charge in [-0.3, -0.25) is 24.6 Å². The first-order chi connectivity index (χ1) is 18.4. The van der Waals surface area contributed by atoms with E-state index in [9.17, 15) is 29.6 Å². The number of hydrogen-bond acceptors (Lipinski definition) is 7. The van der Waals surface area contributed by atoms with Crippen molar-refractivity contribution in [2.24, 2.45) is 5.41 Å². The molecule has 1 aliphatic rings. The van der Waals surface area contributed by atoms with Crippen LogP contribution in [0.2, 0.25) is 10.0 Å². The largest absolute Gasteiger partial charge is 0.481 e. The van der Waals surface area contributed by atoms with Gasteiger partial charge in [-0.2, -0.15) is 0 Å². The summed E-state index contributed by atoms with van der Waals surface area (Å²) in [5, 5.41) is 23.9. The number of thiazole rings is 1. The van der Waals surface area contributed by atoms with E-state index in [1.54, 1.807) is 30.3 Å². The zero-order chi connectivity index (χ0) is 28.3. The summed E-state index contributed by atoms with van der Waals surface area (Å²) in [6.45, 7) is 1.86. The number of benzene rings is 2. The number of aliphatic carboxylic acids is 1. The summed E-state index contributed by atoms with van der Waals surface area (Å²) in [6.07, 6.45) is 0.329. The Morgan fingerprint density at radius 3 is 2.51 bits per heavy atom. The fourth-order valence-corrected chi connectivity index (χ4v) is 5.64. The second-order valence-corrected chi connectivity index (χ2v) is 11.2. The number of carboxylic acid groups (broad SMARTS) is 1. The third-order valence-electron chi connectivity index (χ3n) is 6.22. The topological polar surface area (TPSA) is 146 Å². The predicted octanol–water partition coefficient (Wildman–Crippen LogP) is 5.60. The van der Waals surface area contributed by atoms with Gasteiger partial charge in [-0.1, -0.05) is 47.0 Å². The van der Waals surface area contributed by atoms with Gasteiger partial charge in [0.2, 0.25) is 5.91 Å². The van der Waals surface area contributed by atoms with Crippen LogP contribution in [0.15, 0.2) is 48.7 Å². The number of halogens is 2. The SMILES string of the molecule is Cc1ccc(N2CC(CC(=O)O)(CC(=O)Nc3ncc([N+](=O)[O-])s3)CN(Cc3ccc(Cl)cc3Cl)C2=O)cc1. The van der Waals surface area contributed by atoms with Crippen LogP contribution in [0.25, 0.3) is 0 Å². The molecule has 11 nitrogen and oxygen atoms in total. The van der Waals surface area contributed by atoms with Gasteiger partial charge in [-0.05, 0) is 48.1 Å². The van der Waals surface area contributed by atoms with Crippen LogP contribution in [-0.4, -0.2) is 50.9 Å². The van der Waals surface area contributed by atoms with Gasteiger partial charge in [0, 0.05) is 47.2 Å². The number of aromatic nitrogens is 1. The molecule has 1 atom stereocenters. The number of carbonyl (C=O) groups is 3. The highest BCUT2D eigenvalue weighted by molar-refractivity contribution is 7.18. The lowest BCUT2D eigenvalue weighted by molar-refractivity contribution is -0.380. The smallest absolute Gasteiger partial charge is 0.345 e. The van der Waals surface area contributed by atoms with Crippen LogP contribution in [0.3, 0.4) is 0 Å². The van der Waals surface area contributed by atoms with Crippen LogP contribution in [0.4, 0.5) is 20.6 Å². The average Bonchev–Trinajstić information content (AvgIpc) is 3.31. The van der Waals surface area contributed by atoms with Crippen LogP contribution in [0.5, 0.6) is 0 Å². The average molecular weight is 592 g/mol. The fraction of sp³-hybridized carbons (Fsp3) is 0.280. The van der Waals surface area contributed by atoms with E-state index in [0.29, 0.717) is 32.6 Å². The molecular weight excluding hydrogens is 569 g/mol. The third kappa shape index (κ3) is 6.83. The molecule has 0 spiro atoms. The molecule has 4 rings (SSSR count). The zero-order valence-corrected chi connectivity index (χ0v) is 22.9. The lowest BCUT2D eigenvalue weighted by atomic mass is 9.78. The van der Waals surface area contributed by atoms with Crippen molar-refractivity contribution in [3.8, 4) is 0 Å². The van der Waals surface area contributed by atoms with E-state index in [4.69, 9.17) is 23.2 Å². The number of nitro groups is 1. The molecule has 1 fully saturated rings. The van der Waals surface area contributed by atoms with E-state index in [1.165, 1.54) is 9.80 Å². The maximum atomic E-state index is 13.7. The number of carbonyl (C=O) groups excluding carboxylic acids is 2. The molecule has 2 heterocycles. The molecule has 14 heteroatoms.